The van der Waals surface area contributed by atoms with Crippen molar-refractivity contribution in [3.63, 3.8) is 0 Å². The number of aromatic nitrogens is 2. The average Bonchev–Trinajstić information content (AvgIpc) is 2.33. The minimum absolute atomic E-state index is 0.120. The summed E-state index contributed by atoms with van der Waals surface area (Å²) in [5.74, 6) is 1.33. The third-order valence-corrected chi connectivity index (χ3v) is 2.23. The fourth-order valence-electron chi connectivity index (χ4n) is 1.51. The smallest absolute Gasteiger partial charge is 0.407 e. The van der Waals surface area contributed by atoms with Gasteiger partial charge in [0.15, 0.2) is 0 Å². The van der Waals surface area contributed by atoms with E-state index in [9.17, 15) is 4.79 Å². The van der Waals surface area contributed by atoms with Crippen LogP contribution in [0.5, 0.6) is 0 Å². The molecule has 7 heteroatoms. The Morgan fingerprint density at radius 1 is 1.30 bits per heavy atom. The highest BCUT2D eigenvalue weighted by Crippen LogP contribution is 2.08. The van der Waals surface area contributed by atoms with Crippen LogP contribution in [0, 0.1) is 6.92 Å². The van der Waals surface area contributed by atoms with Crippen molar-refractivity contribution in [3.8, 4) is 0 Å². The van der Waals surface area contributed by atoms with Crippen LogP contribution in [0.3, 0.4) is 0 Å². The van der Waals surface area contributed by atoms with Crippen molar-refractivity contribution >= 4 is 17.9 Å². The maximum atomic E-state index is 11.3. The molecule has 0 spiro atoms. The van der Waals surface area contributed by atoms with E-state index < -0.39 is 6.09 Å². The molecule has 7 nitrogen and oxygen atoms in total. The van der Waals surface area contributed by atoms with Gasteiger partial charge in [-0.2, -0.15) is 4.98 Å². The second-order valence-corrected chi connectivity index (χ2v) is 4.56. The number of nitrogens with zero attached hydrogens (tertiary/aromatic N) is 2. The summed E-state index contributed by atoms with van der Waals surface area (Å²) in [6.45, 7) is 9.31. The number of carbonyl (C=O) groups is 1. The number of amides is 1. The molecule has 1 aromatic rings. The number of alkyl carbamates (subject to hydrolysis) is 1. The Hall–Kier alpha value is -2.05. The molecule has 0 aliphatic heterocycles. The molecule has 1 amide bonds. The topological polar surface area (TPSA) is 88.2 Å². The van der Waals surface area contributed by atoms with E-state index in [0.29, 0.717) is 19.0 Å². The predicted molar refractivity (Wildman–Crippen MR) is 79.0 cm³/mol. The normalized spacial score (nSPS) is 10.2. The van der Waals surface area contributed by atoms with E-state index in [4.69, 9.17) is 4.74 Å². The standard InChI is InChI=1S/C13H23N5O2/c1-5-14-11-8-10(4)17-12(18-11)15-6-7-16-13(19)20-9(2)3/h8-9H,5-7H2,1-4H3,(H,16,19)(H2,14,15,17,18). The zero-order valence-corrected chi connectivity index (χ0v) is 12.5. The van der Waals surface area contributed by atoms with E-state index in [0.717, 1.165) is 18.1 Å². The van der Waals surface area contributed by atoms with Crippen molar-refractivity contribution in [2.75, 3.05) is 30.3 Å². The van der Waals surface area contributed by atoms with Crippen LogP contribution in [0.25, 0.3) is 0 Å². The first kappa shape index (κ1) is 16.0. The molecule has 0 unspecified atom stereocenters. The molecule has 3 N–H and O–H groups in total. The number of carbonyl (C=O) groups excluding carboxylic acids is 1. The summed E-state index contributed by atoms with van der Waals surface area (Å²) in [6, 6.07) is 1.88. The fraction of sp³-hybridized carbons (Fsp3) is 0.615. The van der Waals surface area contributed by atoms with Crippen LogP contribution in [0.1, 0.15) is 26.5 Å². The van der Waals surface area contributed by atoms with Gasteiger partial charge in [-0.1, -0.05) is 0 Å². The van der Waals surface area contributed by atoms with Gasteiger partial charge < -0.3 is 20.7 Å². The molecule has 0 radical (unpaired) electrons. The Labute approximate surface area is 119 Å². The number of anilines is 2. The van der Waals surface area contributed by atoms with Crippen LogP contribution in [0.2, 0.25) is 0 Å². The Kier molecular flexibility index (Phi) is 6.55. The number of ether oxygens (including phenoxy) is 1. The molecule has 112 valence electrons. The fourth-order valence-corrected chi connectivity index (χ4v) is 1.51. The van der Waals surface area contributed by atoms with Crippen molar-refractivity contribution in [2.24, 2.45) is 0 Å². The van der Waals surface area contributed by atoms with Crippen LogP contribution in [0.4, 0.5) is 16.6 Å². The van der Waals surface area contributed by atoms with Crippen molar-refractivity contribution < 1.29 is 9.53 Å². The van der Waals surface area contributed by atoms with E-state index in [-0.39, 0.29) is 6.10 Å². The van der Waals surface area contributed by atoms with Gasteiger partial charge in [-0.3, -0.25) is 0 Å². The van der Waals surface area contributed by atoms with Gasteiger partial charge in [0, 0.05) is 31.4 Å². The molecule has 1 aromatic heterocycles. The van der Waals surface area contributed by atoms with Gasteiger partial charge >= 0.3 is 6.09 Å². The highest BCUT2D eigenvalue weighted by atomic mass is 16.6. The van der Waals surface area contributed by atoms with E-state index >= 15 is 0 Å². The van der Waals surface area contributed by atoms with Gasteiger partial charge in [-0.05, 0) is 27.7 Å². The van der Waals surface area contributed by atoms with Crippen molar-refractivity contribution in [1.82, 2.24) is 15.3 Å². The minimum Gasteiger partial charge on any atom is -0.447 e. The van der Waals surface area contributed by atoms with Crippen LogP contribution in [-0.4, -0.2) is 41.8 Å². The Morgan fingerprint density at radius 3 is 2.70 bits per heavy atom. The molecule has 1 rings (SSSR count). The summed E-state index contributed by atoms with van der Waals surface area (Å²) < 4.78 is 4.95. The largest absolute Gasteiger partial charge is 0.447 e. The van der Waals surface area contributed by atoms with Crippen molar-refractivity contribution in [3.05, 3.63) is 11.8 Å². The number of hydrogen-bond donors (Lipinski definition) is 3. The molecular formula is C13H23N5O2. The van der Waals surface area contributed by atoms with Gasteiger partial charge in [-0.15, -0.1) is 0 Å². The second kappa shape index (κ2) is 8.19. The Morgan fingerprint density at radius 2 is 2.05 bits per heavy atom. The molecule has 0 aliphatic carbocycles. The number of nitrogens with one attached hydrogen (secondary N) is 3. The Balaban J connectivity index is 2.36. The van der Waals surface area contributed by atoms with Gasteiger partial charge in [0.2, 0.25) is 5.95 Å². The summed E-state index contributed by atoms with van der Waals surface area (Å²) in [7, 11) is 0. The first-order valence-corrected chi connectivity index (χ1v) is 6.79. The Bertz CT molecular complexity index is 437. The SMILES string of the molecule is CCNc1cc(C)nc(NCCNC(=O)OC(C)C)n1. The molecule has 20 heavy (non-hydrogen) atoms. The molecule has 0 aliphatic rings. The summed E-state index contributed by atoms with van der Waals surface area (Å²) in [4.78, 5) is 19.8. The number of aryl methyl sites for hydroxylation is 1. The third kappa shape index (κ3) is 6.21. The molecular weight excluding hydrogens is 258 g/mol. The van der Waals surface area contributed by atoms with Crippen molar-refractivity contribution in [2.45, 2.75) is 33.8 Å². The molecule has 0 aromatic carbocycles. The van der Waals surface area contributed by atoms with Crippen LogP contribution in [-0.2, 0) is 4.74 Å². The van der Waals surface area contributed by atoms with Gasteiger partial charge in [0.25, 0.3) is 0 Å². The van der Waals surface area contributed by atoms with Crippen LogP contribution in [0.15, 0.2) is 6.07 Å². The summed E-state index contributed by atoms with van der Waals surface area (Å²) in [5, 5.41) is 8.84. The lowest BCUT2D eigenvalue weighted by atomic mass is 10.4. The molecule has 0 atom stereocenters. The van der Waals surface area contributed by atoms with Gasteiger partial charge in [0.1, 0.15) is 5.82 Å². The van der Waals surface area contributed by atoms with Crippen LogP contribution < -0.4 is 16.0 Å². The first-order chi connectivity index (χ1) is 9.51. The number of rotatable bonds is 7. The van der Waals surface area contributed by atoms with E-state index in [1.807, 2.05) is 19.9 Å². The minimum atomic E-state index is -0.416. The second-order valence-electron chi connectivity index (χ2n) is 4.56. The molecule has 0 bridgehead atoms. The summed E-state index contributed by atoms with van der Waals surface area (Å²) in [5.41, 5.74) is 0.880. The zero-order chi connectivity index (χ0) is 15.0. The maximum Gasteiger partial charge on any atom is 0.407 e. The molecule has 0 saturated heterocycles. The molecule has 0 saturated carbocycles. The maximum absolute atomic E-state index is 11.3. The third-order valence-electron chi connectivity index (χ3n) is 2.23. The lowest BCUT2D eigenvalue weighted by Gasteiger charge is -2.11. The lowest BCUT2D eigenvalue weighted by Crippen LogP contribution is -2.31. The summed E-state index contributed by atoms with van der Waals surface area (Å²) in [6.07, 6.45) is -0.536. The lowest BCUT2D eigenvalue weighted by molar-refractivity contribution is 0.116. The van der Waals surface area contributed by atoms with E-state index in [1.165, 1.54) is 0 Å². The molecule has 1 heterocycles. The first-order valence-electron chi connectivity index (χ1n) is 6.79. The van der Waals surface area contributed by atoms with E-state index in [2.05, 4.69) is 25.9 Å². The quantitative estimate of drug-likeness (QED) is 0.660. The van der Waals surface area contributed by atoms with E-state index in [1.54, 1.807) is 13.8 Å². The monoisotopic (exact) mass is 281 g/mol. The van der Waals surface area contributed by atoms with Gasteiger partial charge in [0.05, 0.1) is 6.10 Å². The van der Waals surface area contributed by atoms with Crippen LogP contribution >= 0.6 is 0 Å². The predicted octanol–water partition coefficient (Wildman–Crippen LogP) is 1.76. The zero-order valence-electron chi connectivity index (χ0n) is 12.5. The molecule has 0 fully saturated rings. The van der Waals surface area contributed by atoms with Crippen molar-refractivity contribution in [1.29, 1.82) is 0 Å². The number of hydrogen-bond acceptors (Lipinski definition) is 6. The highest BCUT2D eigenvalue weighted by Gasteiger charge is 2.04. The van der Waals surface area contributed by atoms with Gasteiger partial charge in [-0.25, -0.2) is 9.78 Å². The average molecular weight is 281 g/mol. The highest BCUT2D eigenvalue weighted by molar-refractivity contribution is 5.67. The summed E-state index contributed by atoms with van der Waals surface area (Å²) >= 11 is 0.